The van der Waals surface area contributed by atoms with E-state index in [-0.39, 0.29) is 37.8 Å². The molecule has 0 aromatic heterocycles. The average molecular weight is 492 g/mol. The Balaban J connectivity index is 1.50. The van der Waals surface area contributed by atoms with Crippen LogP contribution >= 0.6 is 0 Å². The first-order valence-corrected chi connectivity index (χ1v) is 12.7. The van der Waals surface area contributed by atoms with Gasteiger partial charge in [-0.15, -0.1) is 0 Å². The molecule has 4 rings (SSSR count). The van der Waals surface area contributed by atoms with Crippen molar-refractivity contribution >= 4 is 19.4 Å². The Hall–Kier alpha value is -2.59. The van der Waals surface area contributed by atoms with Crippen LogP contribution in [0.3, 0.4) is 0 Å². The summed E-state index contributed by atoms with van der Waals surface area (Å²) in [5.74, 6) is 0.179. The third-order valence-corrected chi connectivity index (χ3v) is 8.80. The van der Waals surface area contributed by atoms with Crippen molar-refractivity contribution in [3.63, 3.8) is 0 Å². The van der Waals surface area contributed by atoms with Gasteiger partial charge in [-0.25, -0.2) is 0 Å². The van der Waals surface area contributed by atoms with Crippen LogP contribution in [0.25, 0.3) is 10.4 Å². The number of ether oxygens (including phenoxy) is 2. The van der Waals surface area contributed by atoms with Gasteiger partial charge in [0, 0.05) is 0 Å². The number of hydrogen-bond acceptors (Lipinski definition) is 3. The van der Waals surface area contributed by atoms with Crippen molar-refractivity contribution in [2.24, 2.45) is 11.0 Å². The number of azide groups is 1. The SMILES string of the molecule is [N-]=[N+]=N[C@H]1C[C@H](OCc2ccccc2)[C@@H](COCc2ccccc2)[C@@H]1[Se]c1ccccc1. The quantitative estimate of drug-likeness (QED) is 0.167. The minimum absolute atomic E-state index is 0.00272. The van der Waals surface area contributed by atoms with Gasteiger partial charge in [0.15, 0.2) is 0 Å². The predicted molar refractivity (Wildman–Crippen MR) is 128 cm³/mol. The van der Waals surface area contributed by atoms with E-state index in [0.29, 0.717) is 19.8 Å². The van der Waals surface area contributed by atoms with Crippen LogP contribution in [0.4, 0.5) is 0 Å². The fourth-order valence-corrected chi connectivity index (χ4v) is 7.00. The van der Waals surface area contributed by atoms with Crippen molar-refractivity contribution in [3.8, 4) is 0 Å². The van der Waals surface area contributed by atoms with E-state index in [2.05, 4.69) is 58.6 Å². The molecule has 0 heterocycles. The first-order chi connectivity index (χ1) is 15.8. The molecule has 0 unspecified atom stereocenters. The summed E-state index contributed by atoms with van der Waals surface area (Å²) < 4.78 is 13.9. The summed E-state index contributed by atoms with van der Waals surface area (Å²) in [4.78, 5) is 3.40. The molecular formula is C26H27N3O2Se. The van der Waals surface area contributed by atoms with Gasteiger partial charge in [0.25, 0.3) is 0 Å². The van der Waals surface area contributed by atoms with Gasteiger partial charge in [-0.1, -0.05) is 0 Å². The van der Waals surface area contributed by atoms with Crippen molar-refractivity contribution in [1.82, 2.24) is 0 Å². The van der Waals surface area contributed by atoms with Crippen LogP contribution < -0.4 is 4.46 Å². The molecule has 1 saturated carbocycles. The molecular weight excluding hydrogens is 465 g/mol. The van der Waals surface area contributed by atoms with Gasteiger partial charge < -0.3 is 0 Å². The molecule has 5 nitrogen and oxygen atoms in total. The Morgan fingerprint density at radius 2 is 1.44 bits per heavy atom. The number of rotatable bonds is 10. The molecule has 3 aromatic carbocycles. The number of nitrogens with zero attached hydrogens (tertiary/aromatic N) is 3. The maximum absolute atomic E-state index is 9.21. The van der Waals surface area contributed by atoms with Gasteiger partial charge in [-0.05, 0) is 0 Å². The molecule has 0 bridgehead atoms. The van der Waals surface area contributed by atoms with Gasteiger partial charge in [0.1, 0.15) is 0 Å². The first-order valence-electron chi connectivity index (χ1n) is 10.9. The predicted octanol–water partition coefficient (Wildman–Crippen LogP) is 5.31. The van der Waals surface area contributed by atoms with Gasteiger partial charge in [-0.2, -0.15) is 0 Å². The zero-order valence-electron chi connectivity index (χ0n) is 17.9. The molecule has 1 aliphatic rings. The van der Waals surface area contributed by atoms with Crippen LogP contribution in [-0.4, -0.2) is 33.7 Å². The molecule has 6 heteroatoms. The van der Waals surface area contributed by atoms with Crippen LogP contribution in [0.15, 0.2) is 96.1 Å². The van der Waals surface area contributed by atoms with Gasteiger partial charge >= 0.3 is 196 Å². The van der Waals surface area contributed by atoms with Crippen molar-refractivity contribution in [2.75, 3.05) is 6.61 Å². The Morgan fingerprint density at radius 3 is 2.06 bits per heavy atom. The van der Waals surface area contributed by atoms with Crippen molar-refractivity contribution in [3.05, 3.63) is 113 Å². The third-order valence-electron chi connectivity index (χ3n) is 5.70. The van der Waals surface area contributed by atoms with Crippen LogP contribution in [0.2, 0.25) is 4.82 Å². The Bertz CT molecular complexity index is 997. The van der Waals surface area contributed by atoms with Gasteiger partial charge in [0.05, 0.1) is 0 Å². The summed E-state index contributed by atoms with van der Waals surface area (Å²) >= 11 is 0.158. The second-order valence-corrected chi connectivity index (χ2v) is 10.5. The molecule has 0 spiro atoms. The summed E-state index contributed by atoms with van der Waals surface area (Å²) in [6.45, 7) is 1.71. The second kappa shape index (κ2) is 11.9. The molecule has 0 saturated heterocycles. The minimum atomic E-state index is -0.0775. The molecule has 0 N–H and O–H groups in total. The fourth-order valence-electron chi connectivity index (χ4n) is 4.10. The molecule has 3 aromatic rings. The van der Waals surface area contributed by atoms with Crippen molar-refractivity contribution in [2.45, 2.75) is 36.6 Å². The molecule has 164 valence electrons. The van der Waals surface area contributed by atoms with E-state index in [9.17, 15) is 5.53 Å². The second-order valence-electron chi connectivity index (χ2n) is 7.90. The summed E-state index contributed by atoms with van der Waals surface area (Å²) in [7, 11) is 0. The van der Waals surface area contributed by atoms with Crippen LogP contribution in [0, 0.1) is 5.92 Å². The van der Waals surface area contributed by atoms with Crippen LogP contribution in [0.1, 0.15) is 17.5 Å². The van der Waals surface area contributed by atoms with E-state index in [1.807, 2.05) is 42.5 Å². The standard InChI is InChI=1S/C26H27N3O2Se/c27-29-28-24-16-25(31-18-21-12-6-2-7-13-21)23(19-30-17-20-10-4-1-5-11-20)26(24)32-22-14-8-3-9-15-22/h1-15,23-26H,16-19H2/t23-,24+,25+,26+/m1/s1. The molecule has 0 amide bonds. The Morgan fingerprint density at radius 1 is 0.844 bits per heavy atom. The Labute approximate surface area is 195 Å². The zero-order chi connectivity index (χ0) is 22.0. The van der Waals surface area contributed by atoms with Gasteiger partial charge in [0.2, 0.25) is 0 Å². The average Bonchev–Trinajstić information content (AvgIpc) is 3.16. The van der Waals surface area contributed by atoms with E-state index in [0.717, 1.165) is 17.5 Å². The third kappa shape index (κ3) is 6.23. The molecule has 32 heavy (non-hydrogen) atoms. The summed E-state index contributed by atoms with van der Waals surface area (Å²) in [6, 6.07) is 30.8. The zero-order valence-corrected chi connectivity index (χ0v) is 19.6. The molecule has 0 radical (unpaired) electrons. The summed E-state index contributed by atoms with van der Waals surface area (Å²) in [5.41, 5.74) is 11.5. The van der Waals surface area contributed by atoms with Crippen molar-refractivity contribution in [1.29, 1.82) is 0 Å². The van der Waals surface area contributed by atoms with Crippen LogP contribution in [0.5, 0.6) is 0 Å². The van der Waals surface area contributed by atoms with Gasteiger partial charge in [-0.3, -0.25) is 0 Å². The molecule has 1 fully saturated rings. The first kappa shape index (κ1) is 22.6. The normalized spacial score (nSPS) is 22.4. The number of benzene rings is 3. The van der Waals surface area contributed by atoms with E-state index in [1.54, 1.807) is 0 Å². The van der Waals surface area contributed by atoms with Crippen LogP contribution in [-0.2, 0) is 22.7 Å². The van der Waals surface area contributed by atoms with E-state index in [4.69, 9.17) is 9.47 Å². The van der Waals surface area contributed by atoms with E-state index >= 15 is 0 Å². The number of hydrogen-bond donors (Lipinski definition) is 0. The fraction of sp³-hybridized carbons (Fsp3) is 0.308. The maximum atomic E-state index is 9.21. The Kier molecular flexibility index (Phi) is 8.38. The molecule has 0 aliphatic heterocycles. The summed E-state index contributed by atoms with van der Waals surface area (Å²) in [5, 5.41) is 4.18. The monoisotopic (exact) mass is 493 g/mol. The van der Waals surface area contributed by atoms with Crippen molar-refractivity contribution < 1.29 is 9.47 Å². The topological polar surface area (TPSA) is 67.2 Å². The van der Waals surface area contributed by atoms with E-state index in [1.165, 1.54) is 4.46 Å². The molecule has 1 aliphatic carbocycles. The molecule has 4 atom stereocenters. The summed E-state index contributed by atoms with van der Waals surface area (Å²) in [6.07, 6.45) is 0.729. The van der Waals surface area contributed by atoms with E-state index < -0.39 is 0 Å².